The first kappa shape index (κ1) is 15.2. The molecule has 0 radical (unpaired) electrons. The molecule has 5 nitrogen and oxygen atoms in total. The van der Waals surface area contributed by atoms with Gasteiger partial charge in [0.25, 0.3) is 0 Å². The fraction of sp³-hybridized carbons (Fsp3) is 0.438. The number of aromatic nitrogens is 3. The molecule has 0 saturated carbocycles. The maximum Gasteiger partial charge on any atom is 0.225 e. The van der Waals surface area contributed by atoms with Crippen LogP contribution in [0.15, 0.2) is 35.2 Å². The smallest absolute Gasteiger partial charge is 0.225 e. The van der Waals surface area contributed by atoms with Crippen LogP contribution in [-0.2, 0) is 0 Å². The summed E-state index contributed by atoms with van der Waals surface area (Å²) in [5, 5.41) is 0. The highest BCUT2D eigenvalue weighted by atomic mass is 79.9. The largest absolute Gasteiger partial charge is 0.493 e. The van der Waals surface area contributed by atoms with E-state index >= 15 is 0 Å². The molecular formula is C16H19BrN4O. The van der Waals surface area contributed by atoms with Gasteiger partial charge in [0.1, 0.15) is 5.75 Å². The van der Waals surface area contributed by atoms with E-state index in [1.807, 2.05) is 19.1 Å². The minimum atomic E-state index is 0.495. The molecule has 2 aromatic rings. The zero-order valence-corrected chi connectivity index (χ0v) is 14.2. The second-order valence-corrected chi connectivity index (χ2v) is 6.52. The highest BCUT2D eigenvalue weighted by Crippen LogP contribution is 2.22. The van der Waals surface area contributed by atoms with E-state index in [0.717, 1.165) is 48.0 Å². The van der Waals surface area contributed by atoms with Crippen LogP contribution in [0.4, 0.5) is 5.95 Å². The van der Waals surface area contributed by atoms with E-state index in [9.17, 15) is 0 Å². The molecule has 1 fully saturated rings. The van der Waals surface area contributed by atoms with Crippen molar-refractivity contribution in [2.75, 3.05) is 24.6 Å². The number of halogens is 1. The van der Waals surface area contributed by atoms with Crippen molar-refractivity contribution in [3.8, 4) is 5.75 Å². The van der Waals surface area contributed by atoms with E-state index in [-0.39, 0.29) is 0 Å². The van der Waals surface area contributed by atoms with Gasteiger partial charge < -0.3 is 9.64 Å². The lowest BCUT2D eigenvalue weighted by Crippen LogP contribution is -2.38. The Labute approximate surface area is 138 Å². The molecule has 0 N–H and O–H groups in total. The normalized spacial score (nSPS) is 18.3. The standard InChI is InChI=1S/C16H19BrN4O/c1-12-7-15(4-5-18-12)22-11-13-3-2-6-21(10-13)16-19-8-14(17)9-20-16/h4-5,7-9,13H,2-3,6,10-11H2,1H3. The minimum absolute atomic E-state index is 0.495. The summed E-state index contributed by atoms with van der Waals surface area (Å²) in [7, 11) is 0. The minimum Gasteiger partial charge on any atom is -0.493 e. The molecule has 0 bridgehead atoms. The van der Waals surface area contributed by atoms with Gasteiger partial charge in [-0.3, -0.25) is 4.98 Å². The average molecular weight is 363 g/mol. The molecule has 116 valence electrons. The Kier molecular flexibility index (Phi) is 4.87. The third kappa shape index (κ3) is 3.94. The number of nitrogens with zero attached hydrogens (tertiary/aromatic N) is 4. The van der Waals surface area contributed by atoms with Crippen molar-refractivity contribution in [3.63, 3.8) is 0 Å². The van der Waals surface area contributed by atoms with Gasteiger partial charge in [0.15, 0.2) is 0 Å². The Morgan fingerprint density at radius 3 is 2.91 bits per heavy atom. The second-order valence-electron chi connectivity index (χ2n) is 5.60. The molecule has 0 amide bonds. The molecule has 1 aliphatic heterocycles. The molecule has 0 aliphatic carbocycles. The zero-order valence-electron chi connectivity index (χ0n) is 12.6. The predicted molar refractivity (Wildman–Crippen MR) is 89.1 cm³/mol. The first-order chi connectivity index (χ1) is 10.7. The van der Waals surface area contributed by atoms with Crippen LogP contribution in [0.1, 0.15) is 18.5 Å². The van der Waals surface area contributed by atoms with Gasteiger partial charge in [-0.1, -0.05) is 0 Å². The summed E-state index contributed by atoms with van der Waals surface area (Å²) < 4.78 is 6.82. The van der Waals surface area contributed by atoms with E-state index in [4.69, 9.17) is 4.74 Å². The number of ether oxygens (including phenoxy) is 1. The Hall–Kier alpha value is -1.69. The van der Waals surface area contributed by atoms with Gasteiger partial charge in [0.05, 0.1) is 11.1 Å². The summed E-state index contributed by atoms with van der Waals surface area (Å²) in [6.45, 7) is 4.63. The van der Waals surface area contributed by atoms with Crippen molar-refractivity contribution < 1.29 is 4.74 Å². The van der Waals surface area contributed by atoms with Gasteiger partial charge in [-0.05, 0) is 41.8 Å². The molecule has 0 spiro atoms. The maximum atomic E-state index is 5.91. The van der Waals surface area contributed by atoms with Gasteiger partial charge >= 0.3 is 0 Å². The second kappa shape index (κ2) is 7.05. The first-order valence-corrected chi connectivity index (χ1v) is 8.28. The Morgan fingerprint density at radius 2 is 2.14 bits per heavy atom. The van der Waals surface area contributed by atoms with Crippen molar-refractivity contribution >= 4 is 21.9 Å². The molecule has 1 aliphatic rings. The van der Waals surface area contributed by atoms with Crippen molar-refractivity contribution in [3.05, 3.63) is 40.9 Å². The fourth-order valence-electron chi connectivity index (χ4n) is 2.67. The fourth-order valence-corrected chi connectivity index (χ4v) is 2.88. The maximum absolute atomic E-state index is 5.91. The average Bonchev–Trinajstić information content (AvgIpc) is 2.54. The van der Waals surface area contributed by atoms with Crippen LogP contribution >= 0.6 is 15.9 Å². The van der Waals surface area contributed by atoms with Gasteiger partial charge in [0, 0.05) is 49.4 Å². The molecular weight excluding hydrogens is 344 g/mol. The number of aryl methyl sites for hydroxylation is 1. The summed E-state index contributed by atoms with van der Waals surface area (Å²) >= 11 is 3.37. The number of hydrogen-bond acceptors (Lipinski definition) is 5. The molecule has 6 heteroatoms. The van der Waals surface area contributed by atoms with Crippen molar-refractivity contribution in [2.24, 2.45) is 5.92 Å². The van der Waals surface area contributed by atoms with E-state index in [0.29, 0.717) is 5.92 Å². The number of pyridine rings is 1. The molecule has 1 saturated heterocycles. The summed E-state index contributed by atoms with van der Waals surface area (Å²) in [5.41, 5.74) is 0.978. The Bertz CT molecular complexity index is 620. The first-order valence-electron chi connectivity index (χ1n) is 7.48. The van der Waals surface area contributed by atoms with Crippen LogP contribution in [0.2, 0.25) is 0 Å². The van der Waals surface area contributed by atoms with Crippen LogP contribution in [-0.4, -0.2) is 34.6 Å². The lowest BCUT2D eigenvalue weighted by molar-refractivity contribution is 0.228. The molecule has 22 heavy (non-hydrogen) atoms. The molecule has 0 aromatic carbocycles. The number of hydrogen-bond donors (Lipinski definition) is 0. The third-order valence-corrected chi connectivity index (χ3v) is 4.17. The van der Waals surface area contributed by atoms with Gasteiger partial charge in [-0.15, -0.1) is 0 Å². The summed E-state index contributed by atoms with van der Waals surface area (Å²) in [5.74, 6) is 2.19. The predicted octanol–water partition coefficient (Wildman–Crippen LogP) is 3.24. The van der Waals surface area contributed by atoms with Gasteiger partial charge in [0.2, 0.25) is 5.95 Å². The molecule has 3 heterocycles. The number of anilines is 1. The van der Waals surface area contributed by atoms with Crippen LogP contribution < -0.4 is 9.64 Å². The van der Waals surface area contributed by atoms with Crippen molar-refractivity contribution in [1.82, 2.24) is 15.0 Å². The molecule has 2 aromatic heterocycles. The van der Waals surface area contributed by atoms with Crippen LogP contribution in [0, 0.1) is 12.8 Å². The van der Waals surface area contributed by atoms with Crippen molar-refractivity contribution in [2.45, 2.75) is 19.8 Å². The van der Waals surface area contributed by atoms with Gasteiger partial charge in [-0.25, -0.2) is 9.97 Å². The van der Waals surface area contributed by atoms with E-state index in [2.05, 4.69) is 35.8 Å². The van der Waals surface area contributed by atoms with E-state index in [1.54, 1.807) is 18.6 Å². The monoisotopic (exact) mass is 362 g/mol. The molecule has 1 atom stereocenters. The quantitative estimate of drug-likeness (QED) is 0.835. The molecule has 1 unspecified atom stereocenters. The highest BCUT2D eigenvalue weighted by Gasteiger charge is 2.22. The van der Waals surface area contributed by atoms with Crippen molar-refractivity contribution in [1.29, 1.82) is 0 Å². The third-order valence-electron chi connectivity index (χ3n) is 3.76. The highest BCUT2D eigenvalue weighted by molar-refractivity contribution is 9.10. The SMILES string of the molecule is Cc1cc(OCC2CCCN(c3ncc(Br)cn3)C2)ccn1. The van der Waals surface area contributed by atoms with Crippen LogP contribution in [0.25, 0.3) is 0 Å². The van der Waals surface area contributed by atoms with Crippen LogP contribution in [0.3, 0.4) is 0 Å². The van der Waals surface area contributed by atoms with E-state index in [1.165, 1.54) is 6.42 Å². The Morgan fingerprint density at radius 1 is 1.32 bits per heavy atom. The van der Waals surface area contributed by atoms with E-state index < -0.39 is 0 Å². The molecule has 3 rings (SSSR count). The number of piperidine rings is 1. The lowest BCUT2D eigenvalue weighted by Gasteiger charge is -2.32. The summed E-state index contributed by atoms with van der Waals surface area (Å²) in [4.78, 5) is 15.2. The topological polar surface area (TPSA) is 51.1 Å². The summed E-state index contributed by atoms with van der Waals surface area (Å²) in [6.07, 6.45) is 7.69. The summed E-state index contributed by atoms with van der Waals surface area (Å²) in [6, 6.07) is 3.88. The van der Waals surface area contributed by atoms with Gasteiger partial charge in [-0.2, -0.15) is 0 Å². The number of rotatable bonds is 4. The zero-order chi connectivity index (χ0) is 15.4. The lowest BCUT2D eigenvalue weighted by atomic mass is 9.99. The van der Waals surface area contributed by atoms with Crippen LogP contribution in [0.5, 0.6) is 5.75 Å². The Balaban J connectivity index is 1.57.